The molecular weight excluding hydrogens is 304 g/mol. The summed E-state index contributed by atoms with van der Waals surface area (Å²) in [7, 11) is 0. The maximum absolute atomic E-state index is 12.1. The molecule has 0 fully saturated rings. The maximum atomic E-state index is 12.1. The van der Waals surface area contributed by atoms with E-state index in [0.717, 1.165) is 11.1 Å². The Balaban J connectivity index is 1.75. The first-order valence-corrected chi connectivity index (χ1v) is 7.02. The van der Waals surface area contributed by atoms with Crippen LogP contribution in [0, 0.1) is 6.92 Å². The number of nitrogens with zero attached hydrogens (tertiary/aromatic N) is 1. The molecule has 0 radical (unpaired) electrons. The van der Waals surface area contributed by atoms with Crippen molar-refractivity contribution in [3.05, 3.63) is 62.7 Å². The number of imidazole rings is 1. The quantitative estimate of drug-likeness (QED) is 0.691. The van der Waals surface area contributed by atoms with Gasteiger partial charge in [-0.3, -0.25) is 9.78 Å². The van der Waals surface area contributed by atoms with Crippen molar-refractivity contribution >= 4 is 28.7 Å². The van der Waals surface area contributed by atoms with Crippen LogP contribution in [0.15, 0.2) is 35.3 Å². The molecular formula is C15H13ClN4O2. The number of aryl methyl sites for hydroxylation is 1. The Hall–Kier alpha value is -2.60. The van der Waals surface area contributed by atoms with Crippen LogP contribution in [-0.4, -0.2) is 20.9 Å². The second kappa shape index (κ2) is 5.65. The lowest BCUT2D eigenvalue weighted by Gasteiger charge is -2.07. The molecule has 0 atom stereocenters. The van der Waals surface area contributed by atoms with Crippen LogP contribution < -0.4 is 11.0 Å². The maximum Gasteiger partial charge on any atom is 0.325 e. The first kappa shape index (κ1) is 14.3. The van der Waals surface area contributed by atoms with Gasteiger partial charge in [0.15, 0.2) is 5.65 Å². The van der Waals surface area contributed by atoms with Crippen molar-refractivity contribution < 1.29 is 4.79 Å². The van der Waals surface area contributed by atoms with Gasteiger partial charge < -0.3 is 10.3 Å². The van der Waals surface area contributed by atoms with Crippen LogP contribution in [-0.2, 0) is 6.54 Å². The minimum absolute atomic E-state index is 0.260. The molecule has 1 amide bonds. The van der Waals surface area contributed by atoms with Crippen molar-refractivity contribution in [2.75, 3.05) is 0 Å². The number of pyridine rings is 1. The van der Waals surface area contributed by atoms with E-state index in [0.29, 0.717) is 28.3 Å². The number of carbonyl (C=O) groups excluding carboxylic acids is 1. The summed E-state index contributed by atoms with van der Waals surface area (Å²) in [4.78, 5) is 32.5. The van der Waals surface area contributed by atoms with Gasteiger partial charge in [-0.25, -0.2) is 9.78 Å². The standard InChI is InChI=1S/C15H13ClN4O2/c1-8-4-9(2-3-11(8)16)6-18-14(21)10-5-12-13(17-7-10)20-15(22)19-12/h2-5,7H,6H2,1H3,(H,18,21)(H2,17,19,20,22). The van der Waals surface area contributed by atoms with E-state index in [9.17, 15) is 9.59 Å². The van der Waals surface area contributed by atoms with Gasteiger partial charge in [-0.15, -0.1) is 0 Å². The highest BCUT2D eigenvalue weighted by Crippen LogP contribution is 2.16. The number of aromatic nitrogens is 3. The van der Waals surface area contributed by atoms with Gasteiger partial charge in [0, 0.05) is 17.8 Å². The fourth-order valence-electron chi connectivity index (χ4n) is 2.15. The summed E-state index contributed by atoms with van der Waals surface area (Å²) in [6, 6.07) is 7.17. The predicted octanol–water partition coefficient (Wildman–Crippen LogP) is 2.14. The molecule has 0 saturated carbocycles. The zero-order valence-corrected chi connectivity index (χ0v) is 12.5. The highest BCUT2D eigenvalue weighted by molar-refractivity contribution is 6.31. The number of benzene rings is 1. The Labute approximate surface area is 130 Å². The molecule has 2 heterocycles. The van der Waals surface area contributed by atoms with Crippen LogP contribution in [0.1, 0.15) is 21.5 Å². The molecule has 22 heavy (non-hydrogen) atoms. The average Bonchev–Trinajstić information content (AvgIpc) is 2.87. The lowest BCUT2D eigenvalue weighted by atomic mass is 10.1. The van der Waals surface area contributed by atoms with Gasteiger partial charge in [0.1, 0.15) is 0 Å². The predicted molar refractivity (Wildman–Crippen MR) is 84.1 cm³/mol. The zero-order valence-electron chi connectivity index (χ0n) is 11.7. The highest BCUT2D eigenvalue weighted by atomic mass is 35.5. The minimum atomic E-state index is -0.350. The van der Waals surface area contributed by atoms with Gasteiger partial charge >= 0.3 is 5.69 Å². The second-order valence-corrected chi connectivity index (χ2v) is 5.37. The number of aromatic amines is 2. The van der Waals surface area contributed by atoms with Crippen molar-refractivity contribution in [1.29, 1.82) is 0 Å². The molecule has 6 nitrogen and oxygen atoms in total. The molecule has 3 rings (SSSR count). The topological polar surface area (TPSA) is 90.6 Å². The summed E-state index contributed by atoms with van der Waals surface area (Å²) in [5.74, 6) is -0.260. The van der Waals surface area contributed by atoms with Crippen molar-refractivity contribution in [2.45, 2.75) is 13.5 Å². The normalized spacial score (nSPS) is 10.8. The summed E-state index contributed by atoms with van der Waals surface area (Å²) in [5, 5.41) is 3.50. The third kappa shape index (κ3) is 2.87. The Kier molecular flexibility index (Phi) is 3.68. The lowest BCUT2D eigenvalue weighted by Crippen LogP contribution is -2.23. The van der Waals surface area contributed by atoms with Gasteiger partial charge in [0.25, 0.3) is 5.91 Å². The Morgan fingerprint density at radius 3 is 2.91 bits per heavy atom. The largest absolute Gasteiger partial charge is 0.348 e. The van der Waals surface area contributed by atoms with Gasteiger partial charge in [-0.05, 0) is 30.2 Å². The third-order valence-electron chi connectivity index (χ3n) is 3.31. The molecule has 0 aliphatic rings. The number of nitrogens with one attached hydrogen (secondary N) is 3. The van der Waals surface area contributed by atoms with E-state index in [4.69, 9.17) is 11.6 Å². The van der Waals surface area contributed by atoms with Crippen LogP contribution in [0.5, 0.6) is 0 Å². The van der Waals surface area contributed by atoms with E-state index >= 15 is 0 Å². The third-order valence-corrected chi connectivity index (χ3v) is 3.73. The molecule has 0 unspecified atom stereocenters. The molecule has 1 aromatic carbocycles. The zero-order chi connectivity index (χ0) is 15.7. The fraction of sp³-hybridized carbons (Fsp3) is 0.133. The Bertz CT molecular complexity index is 913. The van der Waals surface area contributed by atoms with E-state index in [-0.39, 0.29) is 11.6 Å². The molecule has 0 saturated heterocycles. The van der Waals surface area contributed by atoms with Crippen molar-refractivity contribution in [1.82, 2.24) is 20.3 Å². The molecule has 0 bridgehead atoms. The Morgan fingerprint density at radius 1 is 1.32 bits per heavy atom. The van der Waals surface area contributed by atoms with E-state index in [2.05, 4.69) is 20.3 Å². The van der Waals surface area contributed by atoms with Gasteiger partial charge in [-0.1, -0.05) is 23.7 Å². The summed E-state index contributed by atoms with van der Waals surface area (Å²) in [6.07, 6.45) is 1.43. The first-order valence-electron chi connectivity index (χ1n) is 6.64. The number of halogens is 1. The van der Waals surface area contributed by atoms with E-state index in [1.165, 1.54) is 6.20 Å². The number of hydrogen-bond donors (Lipinski definition) is 3. The SMILES string of the molecule is Cc1cc(CNC(=O)c2cnc3[nH]c(=O)[nH]c3c2)ccc1Cl. The molecule has 112 valence electrons. The number of carbonyl (C=O) groups is 1. The number of H-pyrrole nitrogens is 2. The van der Waals surface area contributed by atoms with E-state index in [1.54, 1.807) is 12.1 Å². The minimum Gasteiger partial charge on any atom is -0.348 e. The van der Waals surface area contributed by atoms with Crippen LogP contribution in [0.3, 0.4) is 0 Å². The molecule has 7 heteroatoms. The Morgan fingerprint density at radius 2 is 2.14 bits per heavy atom. The average molecular weight is 317 g/mol. The van der Waals surface area contributed by atoms with Gasteiger partial charge in [0.05, 0.1) is 11.1 Å². The second-order valence-electron chi connectivity index (χ2n) is 4.97. The summed E-state index contributed by atoms with van der Waals surface area (Å²) in [5.41, 5.74) is 2.88. The monoisotopic (exact) mass is 316 g/mol. The van der Waals surface area contributed by atoms with Crippen molar-refractivity contribution in [3.8, 4) is 0 Å². The van der Waals surface area contributed by atoms with Crippen LogP contribution in [0.4, 0.5) is 0 Å². The molecule has 0 spiro atoms. The van der Waals surface area contributed by atoms with Crippen LogP contribution >= 0.6 is 11.6 Å². The number of rotatable bonds is 3. The smallest absolute Gasteiger partial charge is 0.325 e. The summed E-state index contributed by atoms with van der Waals surface area (Å²) < 4.78 is 0. The highest BCUT2D eigenvalue weighted by Gasteiger charge is 2.09. The lowest BCUT2D eigenvalue weighted by molar-refractivity contribution is 0.0950. The van der Waals surface area contributed by atoms with Crippen molar-refractivity contribution in [2.24, 2.45) is 0 Å². The number of hydrogen-bond acceptors (Lipinski definition) is 3. The molecule has 0 aliphatic heterocycles. The number of fused-ring (bicyclic) bond motifs is 1. The fourth-order valence-corrected chi connectivity index (χ4v) is 2.26. The molecule has 0 aliphatic carbocycles. The summed E-state index contributed by atoms with van der Waals surface area (Å²) >= 11 is 5.97. The van der Waals surface area contributed by atoms with Crippen molar-refractivity contribution in [3.63, 3.8) is 0 Å². The number of amides is 1. The molecule has 2 aromatic heterocycles. The first-order chi connectivity index (χ1) is 10.5. The van der Waals surface area contributed by atoms with Crippen LogP contribution in [0.25, 0.3) is 11.2 Å². The van der Waals surface area contributed by atoms with E-state index in [1.807, 2.05) is 19.1 Å². The van der Waals surface area contributed by atoms with Gasteiger partial charge in [-0.2, -0.15) is 0 Å². The van der Waals surface area contributed by atoms with E-state index < -0.39 is 0 Å². The molecule has 3 aromatic rings. The van der Waals surface area contributed by atoms with Gasteiger partial charge in [0.2, 0.25) is 0 Å². The molecule has 3 N–H and O–H groups in total. The summed E-state index contributed by atoms with van der Waals surface area (Å²) in [6.45, 7) is 2.30. The van der Waals surface area contributed by atoms with Crippen LogP contribution in [0.2, 0.25) is 5.02 Å².